The molecule has 21 heavy (non-hydrogen) atoms. The normalized spacial score (nSPS) is 33.4. The topological polar surface area (TPSA) is 49.6 Å². The van der Waals surface area contributed by atoms with E-state index in [-0.39, 0.29) is 23.9 Å². The van der Waals surface area contributed by atoms with Crippen LogP contribution in [0.4, 0.5) is 0 Å². The molecule has 2 saturated heterocycles. The highest BCUT2D eigenvalue weighted by Gasteiger charge is 2.36. The van der Waals surface area contributed by atoms with Crippen molar-refractivity contribution in [2.24, 2.45) is 11.1 Å². The lowest BCUT2D eigenvalue weighted by Gasteiger charge is -2.44. The van der Waals surface area contributed by atoms with Gasteiger partial charge >= 0.3 is 0 Å². The third-order valence-corrected chi connectivity index (χ3v) is 5.23. The molecule has 2 aliphatic heterocycles. The van der Waals surface area contributed by atoms with Gasteiger partial charge in [-0.1, -0.05) is 13.8 Å². The maximum atomic E-state index is 12.6. The fourth-order valence-corrected chi connectivity index (χ4v) is 3.81. The predicted molar refractivity (Wildman–Crippen MR) is 89.7 cm³/mol. The quantitative estimate of drug-likeness (QED) is 0.850. The van der Waals surface area contributed by atoms with Gasteiger partial charge in [0.1, 0.15) is 0 Å². The molecule has 0 aliphatic carbocycles. The van der Waals surface area contributed by atoms with Gasteiger partial charge in [-0.25, -0.2) is 0 Å². The molecule has 0 aromatic rings. The van der Waals surface area contributed by atoms with Crippen LogP contribution in [0.2, 0.25) is 0 Å². The van der Waals surface area contributed by atoms with Gasteiger partial charge in [-0.2, -0.15) is 0 Å². The summed E-state index contributed by atoms with van der Waals surface area (Å²) in [7, 11) is 0. The molecule has 124 valence electrons. The Morgan fingerprint density at radius 1 is 1.19 bits per heavy atom. The minimum atomic E-state index is 0. The maximum Gasteiger partial charge on any atom is 0.237 e. The molecule has 2 aliphatic rings. The molecule has 2 N–H and O–H groups in total. The van der Waals surface area contributed by atoms with Crippen LogP contribution in [0.15, 0.2) is 0 Å². The summed E-state index contributed by atoms with van der Waals surface area (Å²) in [5, 5.41) is 0. The smallest absolute Gasteiger partial charge is 0.237 e. The highest BCUT2D eigenvalue weighted by molar-refractivity contribution is 5.85. The van der Waals surface area contributed by atoms with Gasteiger partial charge in [-0.05, 0) is 44.9 Å². The molecule has 0 spiro atoms. The predicted octanol–water partition coefficient (Wildman–Crippen LogP) is 2.26. The number of nitrogens with two attached hydrogens (primary N) is 1. The highest BCUT2D eigenvalue weighted by atomic mass is 35.5. The van der Waals surface area contributed by atoms with Crippen LogP contribution in [-0.2, 0) is 4.79 Å². The summed E-state index contributed by atoms with van der Waals surface area (Å²) in [4.78, 5) is 17.0. The Labute approximate surface area is 135 Å². The Morgan fingerprint density at radius 2 is 1.76 bits per heavy atom. The van der Waals surface area contributed by atoms with E-state index in [1.54, 1.807) is 0 Å². The van der Waals surface area contributed by atoms with E-state index in [0.29, 0.717) is 24.5 Å². The third kappa shape index (κ3) is 4.33. The van der Waals surface area contributed by atoms with Crippen LogP contribution in [0.3, 0.4) is 0 Å². The van der Waals surface area contributed by atoms with Crippen LogP contribution in [0.5, 0.6) is 0 Å². The molecule has 1 amide bonds. The Bertz CT molecular complexity index is 351. The molecule has 2 heterocycles. The molecule has 3 atom stereocenters. The summed E-state index contributed by atoms with van der Waals surface area (Å²) < 4.78 is 0. The van der Waals surface area contributed by atoms with Crippen molar-refractivity contribution in [3.8, 4) is 0 Å². The Hall–Kier alpha value is -0.320. The van der Waals surface area contributed by atoms with Gasteiger partial charge in [-0.3, -0.25) is 9.69 Å². The number of hydrogen-bond donors (Lipinski definition) is 1. The van der Waals surface area contributed by atoms with E-state index in [4.69, 9.17) is 5.73 Å². The lowest BCUT2D eigenvalue weighted by molar-refractivity contribution is -0.139. The lowest BCUT2D eigenvalue weighted by Crippen LogP contribution is -2.56. The number of hydrogen-bond acceptors (Lipinski definition) is 3. The Balaban J connectivity index is 0.00000220. The zero-order valence-corrected chi connectivity index (χ0v) is 14.8. The van der Waals surface area contributed by atoms with E-state index in [2.05, 4.69) is 37.5 Å². The summed E-state index contributed by atoms with van der Waals surface area (Å²) in [6.45, 7) is 11.2. The maximum absolute atomic E-state index is 12.6. The van der Waals surface area contributed by atoms with Crippen molar-refractivity contribution in [3.05, 3.63) is 0 Å². The van der Waals surface area contributed by atoms with Crippen molar-refractivity contribution in [3.63, 3.8) is 0 Å². The molecule has 4 nitrogen and oxygen atoms in total. The molecule has 0 aromatic heterocycles. The summed E-state index contributed by atoms with van der Waals surface area (Å²) in [5.41, 5.74) is 6.28. The highest BCUT2D eigenvalue weighted by Crippen LogP contribution is 2.28. The Morgan fingerprint density at radius 3 is 2.29 bits per heavy atom. The van der Waals surface area contributed by atoms with Crippen LogP contribution in [0.1, 0.15) is 53.4 Å². The van der Waals surface area contributed by atoms with Gasteiger partial charge in [0.2, 0.25) is 5.91 Å². The van der Waals surface area contributed by atoms with Crippen molar-refractivity contribution in [2.45, 2.75) is 71.5 Å². The van der Waals surface area contributed by atoms with Gasteiger partial charge in [-0.15, -0.1) is 12.4 Å². The molecule has 2 fully saturated rings. The molecule has 0 radical (unpaired) electrons. The molecular weight excluding hydrogens is 286 g/mol. The van der Waals surface area contributed by atoms with Crippen molar-refractivity contribution < 1.29 is 4.79 Å². The average molecular weight is 318 g/mol. The van der Waals surface area contributed by atoms with Crippen LogP contribution in [-0.4, -0.2) is 53.5 Å². The first-order valence-electron chi connectivity index (χ1n) is 8.10. The first-order valence-corrected chi connectivity index (χ1v) is 8.10. The number of amides is 1. The van der Waals surface area contributed by atoms with Crippen LogP contribution in [0.25, 0.3) is 0 Å². The number of nitrogens with zero attached hydrogens (tertiary/aromatic N) is 2. The zero-order valence-electron chi connectivity index (χ0n) is 14.0. The number of halogens is 1. The Kier molecular flexibility index (Phi) is 6.51. The second kappa shape index (κ2) is 7.30. The molecule has 0 aromatic carbocycles. The third-order valence-electron chi connectivity index (χ3n) is 5.23. The molecule has 3 unspecified atom stereocenters. The molecule has 0 bridgehead atoms. The van der Waals surface area contributed by atoms with E-state index in [0.717, 1.165) is 32.4 Å². The first-order chi connectivity index (χ1) is 9.31. The van der Waals surface area contributed by atoms with Crippen molar-refractivity contribution in [1.29, 1.82) is 0 Å². The summed E-state index contributed by atoms with van der Waals surface area (Å²) in [5.74, 6) is 0.302. The van der Waals surface area contributed by atoms with Gasteiger partial charge < -0.3 is 10.6 Å². The molecule has 2 rings (SSSR count). The number of likely N-dealkylation sites (tertiary alicyclic amines) is 2. The van der Waals surface area contributed by atoms with E-state index in [9.17, 15) is 4.79 Å². The van der Waals surface area contributed by atoms with Crippen LogP contribution >= 0.6 is 12.4 Å². The lowest BCUT2D eigenvalue weighted by atomic mass is 9.80. The van der Waals surface area contributed by atoms with Crippen LogP contribution < -0.4 is 5.73 Å². The second-order valence-corrected chi connectivity index (χ2v) is 7.52. The second-order valence-electron chi connectivity index (χ2n) is 7.52. The number of piperidine rings is 2. The molecule has 0 saturated carbocycles. The van der Waals surface area contributed by atoms with E-state index < -0.39 is 0 Å². The van der Waals surface area contributed by atoms with E-state index >= 15 is 0 Å². The summed E-state index contributed by atoms with van der Waals surface area (Å²) in [6, 6.07) is 1.04. The van der Waals surface area contributed by atoms with Crippen molar-refractivity contribution in [1.82, 2.24) is 9.80 Å². The molecular formula is C16H32ClN3O. The fourth-order valence-electron chi connectivity index (χ4n) is 3.81. The molecule has 5 heteroatoms. The van der Waals surface area contributed by atoms with Gasteiger partial charge in [0.05, 0.1) is 6.54 Å². The largest absolute Gasteiger partial charge is 0.336 e. The van der Waals surface area contributed by atoms with E-state index in [1.165, 1.54) is 6.42 Å². The monoisotopic (exact) mass is 317 g/mol. The van der Waals surface area contributed by atoms with Crippen LogP contribution in [0, 0.1) is 5.41 Å². The number of carbonyl (C=O) groups excluding carboxylic acids is 1. The van der Waals surface area contributed by atoms with Gasteiger partial charge in [0.25, 0.3) is 0 Å². The first kappa shape index (κ1) is 18.7. The summed E-state index contributed by atoms with van der Waals surface area (Å²) >= 11 is 0. The SMILES string of the molecule is CC1CCCC(C)N1C(=O)CN1CCC(N)C(C)(C)C1.Cl. The minimum Gasteiger partial charge on any atom is -0.336 e. The fraction of sp³-hybridized carbons (Fsp3) is 0.938. The van der Waals surface area contributed by atoms with Crippen molar-refractivity contribution >= 4 is 18.3 Å². The van der Waals surface area contributed by atoms with E-state index in [1.807, 2.05) is 0 Å². The van der Waals surface area contributed by atoms with Crippen molar-refractivity contribution in [2.75, 3.05) is 19.6 Å². The minimum absolute atomic E-state index is 0. The summed E-state index contributed by atoms with van der Waals surface area (Å²) in [6.07, 6.45) is 4.53. The van der Waals surface area contributed by atoms with Gasteiger partial charge in [0, 0.05) is 31.2 Å². The average Bonchev–Trinajstić information content (AvgIpc) is 2.33. The number of rotatable bonds is 2. The number of carbonyl (C=O) groups is 1. The zero-order chi connectivity index (χ0) is 14.9. The standard InChI is InChI=1S/C16H31N3O.ClH/c1-12-6-5-7-13(2)19(12)15(20)10-18-9-8-14(17)16(3,4)11-18;/h12-14H,5-11,17H2,1-4H3;1H. The van der Waals surface area contributed by atoms with Gasteiger partial charge in [0.15, 0.2) is 0 Å².